The van der Waals surface area contributed by atoms with Crippen LogP contribution in [0.1, 0.15) is 45.1 Å². The summed E-state index contributed by atoms with van der Waals surface area (Å²) in [6, 6.07) is 7.25. The van der Waals surface area contributed by atoms with Crippen molar-refractivity contribution in [2.45, 2.75) is 64.1 Å². The molecule has 3 atom stereocenters. The predicted molar refractivity (Wildman–Crippen MR) is 142 cm³/mol. The highest BCUT2D eigenvalue weighted by Crippen LogP contribution is 2.38. The molecule has 0 unspecified atom stereocenters. The first-order chi connectivity index (χ1) is 19.1. The SMILES string of the molecule is CC1([C@H](N=[N+]=[N-])C(=O)N2C(=O)OC[C@@H]2Cc2ccccc2)CCOCC1.CC1([C@H](N=[N+]=[N-])C(=O)O)CCOCC1. The highest BCUT2D eigenvalue weighted by molar-refractivity contribution is 5.97. The number of hydrogen-bond acceptors (Lipinski definition) is 8. The fourth-order valence-electron chi connectivity index (χ4n) is 5.20. The van der Waals surface area contributed by atoms with E-state index in [0.29, 0.717) is 58.5 Å². The van der Waals surface area contributed by atoms with Crippen LogP contribution >= 0.6 is 0 Å². The van der Waals surface area contributed by atoms with Gasteiger partial charge in [0.05, 0.1) is 6.04 Å². The van der Waals surface area contributed by atoms with E-state index < -0.39 is 46.9 Å². The van der Waals surface area contributed by atoms with Crippen molar-refractivity contribution in [1.29, 1.82) is 0 Å². The third kappa shape index (κ3) is 7.42. The number of carbonyl (C=O) groups is 3. The molecule has 1 aromatic carbocycles. The molecule has 216 valence electrons. The Morgan fingerprint density at radius 1 is 0.975 bits per heavy atom. The number of ether oxygens (including phenoxy) is 3. The summed E-state index contributed by atoms with van der Waals surface area (Å²) >= 11 is 0. The number of carboxylic acids is 1. The van der Waals surface area contributed by atoms with Crippen molar-refractivity contribution in [3.63, 3.8) is 0 Å². The van der Waals surface area contributed by atoms with E-state index in [4.69, 9.17) is 30.4 Å². The summed E-state index contributed by atoms with van der Waals surface area (Å²) in [5.74, 6) is -1.55. The zero-order chi connectivity index (χ0) is 29.2. The highest BCUT2D eigenvalue weighted by Gasteiger charge is 2.47. The van der Waals surface area contributed by atoms with Gasteiger partial charge in [-0.3, -0.25) is 9.59 Å². The molecule has 3 heterocycles. The fraction of sp³-hybridized carbons (Fsp3) is 0.654. The van der Waals surface area contributed by atoms with E-state index in [0.717, 1.165) is 10.5 Å². The van der Waals surface area contributed by atoms with Crippen LogP contribution in [-0.2, 0) is 30.2 Å². The molecule has 0 aromatic heterocycles. The lowest BCUT2D eigenvalue weighted by atomic mass is 9.75. The van der Waals surface area contributed by atoms with Gasteiger partial charge in [0.15, 0.2) is 0 Å². The number of carbonyl (C=O) groups excluding carboxylic acids is 2. The van der Waals surface area contributed by atoms with Gasteiger partial charge in [0.2, 0.25) is 5.91 Å². The van der Waals surface area contributed by atoms with Gasteiger partial charge in [-0.2, -0.15) is 0 Å². The standard InChI is InChI=1S/C18H22N4O4.C8H13N3O3/c1-18(7-9-25-10-8-18)15(20-21-19)16(23)22-14(12-26-17(22)24)11-13-5-3-2-4-6-13;1-8(2-4-14-5-3-8)6(7(12)13)10-11-9/h2-6,14-15H,7-12H2,1H3;6H,2-5H2,1H3,(H,12,13)/t14-,15+;6-/m01/s1. The Balaban J connectivity index is 0.000000267. The minimum absolute atomic E-state index is 0.141. The fourth-order valence-corrected chi connectivity index (χ4v) is 5.20. The topological polar surface area (TPSA) is 200 Å². The molecule has 1 N–H and O–H groups in total. The van der Waals surface area contributed by atoms with Crippen LogP contribution in [0.15, 0.2) is 40.6 Å². The van der Waals surface area contributed by atoms with E-state index in [1.807, 2.05) is 44.2 Å². The van der Waals surface area contributed by atoms with Gasteiger partial charge in [0.25, 0.3) is 0 Å². The van der Waals surface area contributed by atoms with E-state index in [9.17, 15) is 14.4 Å². The summed E-state index contributed by atoms with van der Waals surface area (Å²) in [5, 5.41) is 16.0. The van der Waals surface area contributed by atoms with Crippen molar-refractivity contribution in [3.05, 3.63) is 56.8 Å². The second-order valence-corrected chi connectivity index (χ2v) is 10.7. The van der Waals surface area contributed by atoms with Crippen LogP contribution in [0.2, 0.25) is 0 Å². The number of azide groups is 2. The van der Waals surface area contributed by atoms with Crippen LogP contribution in [-0.4, -0.2) is 79.1 Å². The highest BCUT2D eigenvalue weighted by atomic mass is 16.6. The number of carboxylic acid groups (broad SMARTS) is 1. The van der Waals surface area contributed by atoms with Gasteiger partial charge in [-0.25, -0.2) is 9.69 Å². The van der Waals surface area contributed by atoms with Crippen molar-refractivity contribution in [2.24, 2.45) is 21.1 Å². The molecule has 0 spiro atoms. The molecular formula is C26H35N7O7. The number of amides is 2. The first-order valence-electron chi connectivity index (χ1n) is 13.2. The lowest BCUT2D eigenvalue weighted by molar-refractivity contribution is -0.143. The molecule has 14 nitrogen and oxygen atoms in total. The largest absolute Gasteiger partial charge is 0.481 e. The molecule has 14 heteroatoms. The van der Waals surface area contributed by atoms with Crippen molar-refractivity contribution in [2.75, 3.05) is 33.0 Å². The van der Waals surface area contributed by atoms with Crippen LogP contribution in [0.25, 0.3) is 20.9 Å². The van der Waals surface area contributed by atoms with E-state index in [2.05, 4.69) is 20.1 Å². The Kier molecular flexibility index (Phi) is 10.7. The Bertz CT molecular complexity index is 1140. The minimum Gasteiger partial charge on any atom is -0.481 e. The van der Waals surface area contributed by atoms with Crippen molar-refractivity contribution >= 4 is 18.0 Å². The van der Waals surface area contributed by atoms with Crippen LogP contribution < -0.4 is 0 Å². The van der Waals surface area contributed by atoms with E-state index in [-0.39, 0.29) is 6.61 Å². The maximum atomic E-state index is 13.2. The van der Waals surface area contributed by atoms with E-state index in [1.165, 1.54) is 0 Å². The Morgan fingerprint density at radius 3 is 1.98 bits per heavy atom. The number of cyclic esters (lactones) is 1. The van der Waals surface area contributed by atoms with Crippen molar-refractivity contribution in [3.8, 4) is 0 Å². The predicted octanol–water partition coefficient (Wildman–Crippen LogP) is 4.64. The number of imide groups is 1. The van der Waals surface area contributed by atoms with Crippen LogP contribution in [0.5, 0.6) is 0 Å². The molecule has 1 aromatic rings. The zero-order valence-corrected chi connectivity index (χ0v) is 22.7. The summed E-state index contributed by atoms with van der Waals surface area (Å²) in [5.41, 5.74) is 17.3. The Morgan fingerprint density at radius 2 is 1.48 bits per heavy atom. The molecule has 3 aliphatic rings. The molecular weight excluding hydrogens is 522 g/mol. The lowest BCUT2D eigenvalue weighted by Gasteiger charge is -2.38. The zero-order valence-electron chi connectivity index (χ0n) is 22.7. The number of benzene rings is 1. The number of nitrogens with zero attached hydrogens (tertiary/aromatic N) is 7. The van der Waals surface area contributed by atoms with Gasteiger partial charge < -0.3 is 19.3 Å². The van der Waals surface area contributed by atoms with Gasteiger partial charge in [0.1, 0.15) is 18.7 Å². The molecule has 3 aliphatic heterocycles. The van der Waals surface area contributed by atoms with Gasteiger partial charge in [-0.15, -0.1) is 0 Å². The van der Waals surface area contributed by atoms with Crippen LogP contribution in [0, 0.1) is 10.8 Å². The average Bonchev–Trinajstić information content (AvgIpc) is 3.31. The normalized spacial score (nSPS) is 22.7. The molecule has 0 saturated carbocycles. The smallest absolute Gasteiger partial charge is 0.416 e. The quantitative estimate of drug-likeness (QED) is 0.272. The summed E-state index contributed by atoms with van der Waals surface area (Å²) in [6.07, 6.45) is 2.24. The lowest BCUT2D eigenvalue weighted by Crippen LogP contribution is -2.51. The van der Waals surface area contributed by atoms with Gasteiger partial charge >= 0.3 is 12.1 Å². The summed E-state index contributed by atoms with van der Waals surface area (Å²) < 4.78 is 15.6. The molecule has 4 rings (SSSR count). The molecule has 0 radical (unpaired) electrons. The van der Waals surface area contributed by atoms with Crippen LogP contribution in [0.4, 0.5) is 4.79 Å². The average molecular weight is 558 g/mol. The first-order valence-corrected chi connectivity index (χ1v) is 13.2. The number of aliphatic carboxylic acids is 1. The van der Waals surface area contributed by atoms with Gasteiger partial charge in [0, 0.05) is 36.3 Å². The number of rotatable bonds is 8. The molecule has 40 heavy (non-hydrogen) atoms. The summed E-state index contributed by atoms with van der Waals surface area (Å²) in [7, 11) is 0. The van der Waals surface area contributed by atoms with Gasteiger partial charge in [-0.1, -0.05) is 54.4 Å². The van der Waals surface area contributed by atoms with E-state index >= 15 is 0 Å². The monoisotopic (exact) mass is 557 g/mol. The maximum Gasteiger partial charge on any atom is 0.416 e. The van der Waals surface area contributed by atoms with Crippen LogP contribution in [0.3, 0.4) is 0 Å². The Hall–Kier alpha value is -3.83. The second-order valence-electron chi connectivity index (χ2n) is 10.7. The summed E-state index contributed by atoms with van der Waals surface area (Å²) in [6.45, 7) is 5.92. The molecule has 3 saturated heterocycles. The van der Waals surface area contributed by atoms with Gasteiger partial charge in [-0.05, 0) is 59.6 Å². The van der Waals surface area contributed by atoms with Crippen molar-refractivity contribution < 1.29 is 33.7 Å². The third-order valence-corrected chi connectivity index (χ3v) is 7.91. The second kappa shape index (κ2) is 14.0. The molecule has 2 amide bonds. The van der Waals surface area contributed by atoms with Crippen molar-refractivity contribution in [1.82, 2.24) is 4.90 Å². The Labute approximate surface area is 231 Å². The molecule has 0 aliphatic carbocycles. The first kappa shape index (κ1) is 30.7. The molecule has 3 fully saturated rings. The number of hydrogen-bond donors (Lipinski definition) is 1. The molecule has 0 bridgehead atoms. The minimum atomic E-state index is -1.06. The summed E-state index contributed by atoms with van der Waals surface area (Å²) in [4.78, 5) is 42.9. The van der Waals surface area contributed by atoms with E-state index in [1.54, 1.807) is 0 Å². The third-order valence-electron chi connectivity index (χ3n) is 7.91. The maximum absolute atomic E-state index is 13.2.